The zero-order chi connectivity index (χ0) is 21.5. The van der Waals surface area contributed by atoms with Crippen LogP contribution in [0.25, 0.3) is 22.5 Å². The van der Waals surface area contributed by atoms with Gasteiger partial charge < -0.3 is 4.89 Å². The average Bonchev–Trinajstić information content (AvgIpc) is 3.50. The van der Waals surface area contributed by atoms with Gasteiger partial charge in [-0.3, -0.25) is 0 Å². The minimum atomic E-state index is 0.226. The molecule has 0 aliphatic carbocycles. The van der Waals surface area contributed by atoms with Crippen molar-refractivity contribution in [2.75, 3.05) is 0 Å². The molecule has 3 aromatic carbocycles. The van der Waals surface area contributed by atoms with Crippen LogP contribution in [0.2, 0.25) is 0 Å². The molecule has 1 unspecified atom stereocenters. The lowest BCUT2D eigenvalue weighted by atomic mass is 10.0. The monoisotopic (exact) mass is 440 g/mol. The first-order valence-electron chi connectivity index (χ1n) is 10.6. The maximum absolute atomic E-state index is 5.15. The fourth-order valence-electron chi connectivity index (χ4n) is 4.02. The van der Waals surface area contributed by atoms with Crippen LogP contribution in [-0.2, 0) is 11.5 Å². The highest BCUT2D eigenvalue weighted by Crippen LogP contribution is 2.36. The number of hydrogen-bond acceptors (Lipinski definition) is 6. The Morgan fingerprint density at radius 1 is 0.906 bits per heavy atom. The van der Waals surface area contributed by atoms with Crippen LogP contribution in [0.3, 0.4) is 0 Å². The standard InChI is InChI=1S/C25H20N4O2S/c1-2-22-23(18-10-8-17(9-11-18)16-6-4-3-5-7-16)28-29-24(26-27-25(29)32-22)19-12-13-21-20(14-19)15-30-31-21/h3-14,22H,2,15H2,1H3. The molecule has 0 bridgehead atoms. The molecule has 0 amide bonds. The molecule has 4 aromatic rings. The predicted molar refractivity (Wildman–Crippen MR) is 125 cm³/mol. The van der Waals surface area contributed by atoms with E-state index < -0.39 is 0 Å². The van der Waals surface area contributed by atoms with Crippen LogP contribution < -0.4 is 4.89 Å². The highest BCUT2D eigenvalue weighted by atomic mass is 32.2. The lowest BCUT2D eigenvalue weighted by Crippen LogP contribution is -2.23. The molecular formula is C25H20N4O2S. The largest absolute Gasteiger partial charge is 0.337 e. The van der Waals surface area contributed by atoms with Crippen LogP contribution in [0.15, 0.2) is 83.1 Å². The summed E-state index contributed by atoms with van der Waals surface area (Å²) in [5, 5.41) is 14.9. The normalized spacial score (nSPS) is 16.8. The number of nitrogens with zero attached hydrogens (tertiary/aromatic N) is 4. The molecule has 1 atom stereocenters. The summed E-state index contributed by atoms with van der Waals surface area (Å²) in [6, 6.07) is 24.9. The van der Waals surface area contributed by atoms with Gasteiger partial charge in [0.15, 0.2) is 11.6 Å². The van der Waals surface area contributed by atoms with Gasteiger partial charge in [-0.2, -0.15) is 14.7 Å². The van der Waals surface area contributed by atoms with Gasteiger partial charge in [-0.15, -0.1) is 10.2 Å². The van der Waals surface area contributed by atoms with Gasteiger partial charge in [0.1, 0.15) is 6.61 Å². The molecule has 0 saturated heterocycles. The van der Waals surface area contributed by atoms with Crippen LogP contribution >= 0.6 is 11.8 Å². The number of hydrogen-bond donors (Lipinski definition) is 0. The van der Waals surface area contributed by atoms with Crippen LogP contribution in [-0.4, -0.2) is 25.8 Å². The van der Waals surface area contributed by atoms with Gasteiger partial charge in [0.2, 0.25) is 5.16 Å². The third-order valence-electron chi connectivity index (χ3n) is 5.71. The molecule has 1 aromatic heterocycles. The third-order valence-corrected chi connectivity index (χ3v) is 7.02. The number of thioether (sulfide) groups is 1. The molecule has 32 heavy (non-hydrogen) atoms. The van der Waals surface area contributed by atoms with Gasteiger partial charge in [-0.05, 0) is 41.3 Å². The van der Waals surface area contributed by atoms with Gasteiger partial charge in [0.25, 0.3) is 0 Å². The number of benzene rings is 3. The van der Waals surface area contributed by atoms with Gasteiger partial charge in [-0.25, -0.2) is 0 Å². The number of aromatic nitrogens is 3. The SMILES string of the molecule is CCC1Sc2nnc(-c3ccc4c(c3)COO4)n2N=C1c1ccc(-c2ccccc2)cc1. The lowest BCUT2D eigenvalue weighted by molar-refractivity contribution is -0.194. The molecule has 158 valence electrons. The molecule has 0 fully saturated rings. The van der Waals surface area contributed by atoms with Crippen LogP contribution in [0.5, 0.6) is 5.75 Å². The first-order valence-corrected chi connectivity index (χ1v) is 11.5. The van der Waals surface area contributed by atoms with Crippen molar-refractivity contribution in [3.63, 3.8) is 0 Å². The van der Waals surface area contributed by atoms with E-state index in [9.17, 15) is 0 Å². The fourth-order valence-corrected chi connectivity index (χ4v) is 5.05. The predicted octanol–water partition coefficient (Wildman–Crippen LogP) is 5.57. The van der Waals surface area contributed by atoms with E-state index in [1.165, 1.54) is 11.1 Å². The van der Waals surface area contributed by atoms with E-state index in [0.29, 0.717) is 6.61 Å². The van der Waals surface area contributed by atoms with Gasteiger partial charge in [-0.1, -0.05) is 73.3 Å². The van der Waals surface area contributed by atoms with Gasteiger partial charge in [0, 0.05) is 11.1 Å². The molecule has 3 heterocycles. The summed E-state index contributed by atoms with van der Waals surface area (Å²) >= 11 is 1.71. The molecule has 0 N–H and O–H groups in total. The van der Waals surface area contributed by atoms with Crippen molar-refractivity contribution in [2.45, 2.75) is 30.4 Å². The lowest BCUT2D eigenvalue weighted by Gasteiger charge is -2.22. The molecule has 6 nitrogen and oxygen atoms in total. The third kappa shape index (κ3) is 3.30. The summed E-state index contributed by atoms with van der Waals surface area (Å²) in [4.78, 5) is 10.2. The van der Waals surface area contributed by atoms with Crippen LogP contribution in [0, 0.1) is 0 Å². The summed E-state index contributed by atoms with van der Waals surface area (Å²) in [5.41, 5.74) is 6.49. The van der Waals surface area contributed by atoms with E-state index in [2.05, 4.69) is 65.7 Å². The van der Waals surface area contributed by atoms with Crippen molar-refractivity contribution in [1.29, 1.82) is 0 Å². The summed E-state index contributed by atoms with van der Waals surface area (Å²) in [6.45, 7) is 2.61. The second-order valence-electron chi connectivity index (χ2n) is 7.73. The van der Waals surface area contributed by atoms with E-state index >= 15 is 0 Å². The molecule has 0 spiro atoms. The van der Waals surface area contributed by atoms with E-state index in [1.807, 2.05) is 28.9 Å². The molecule has 6 rings (SSSR count). The second kappa shape index (κ2) is 7.93. The van der Waals surface area contributed by atoms with Crippen LogP contribution in [0.4, 0.5) is 0 Å². The molecule has 2 aliphatic rings. The second-order valence-corrected chi connectivity index (χ2v) is 8.90. The maximum Gasteiger partial charge on any atom is 0.213 e. The highest BCUT2D eigenvalue weighted by Gasteiger charge is 2.28. The Labute approximate surface area is 189 Å². The van der Waals surface area contributed by atoms with Crippen molar-refractivity contribution in [3.8, 4) is 28.3 Å². The minimum absolute atomic E-state index is 0.226. The molecule has 0 saturated carbocycles. The molecular weight excluding hydrogens is 420 g/mol. The molecule has 2 aliphatic heterocycles. The summed E-state index contributed by atoms with van der Waals surface area (Å²) in [7, 11) is 0. The van der Waals surface area contributed by atoms with E-state index in [0.717, 1.165) is 45.6 Å². The number of fused-ring (bicyclic) bond motifs is 2. The highest BCUT2D eigenvalue weighted by molar-refractivity contribution is 8.00. The Balaban J connectivity index is 1.39. The summed E-state index contributed by atoms with van der Waals surface area (Å²) in [6.07, 6.45) is 0.958. The van der Waals surface area contributed by atoms with Crippen molar-refractivity contribution in [2.24, 2.45) is 5.10 Å². The van der Waals surface area contributed by atoms with Crippen LogP contribution in [0.1, 0.15) is 24.5 Å². The summed E-state index contributed by atoms with van der Waals surface area (Å²) < 4.78 is 1.86. The van der Waals surface area contributed by atoms with Gasteiger partial charge >= 0.3 is 0 Å². The zero-order valence-electron chi connectivity index (χ0n) is 17.4. The van der Waals surface area contributed by atoms with E-state index in [-0.39, 0.29) is 5.25 Å². The first kappa shape index (κ1) is 19.3. The molecule has 0 radical (unpaired) electrons. The Morgan fingerprint density at radius 2 is 1.66 bits per heavy atom. The molecule has 7 heteroatoms. The first-order chi connectivity index (χ1) is 15.8. The van der Waals surface area contributed by atoms with Crippen molar-refractivity contribution in [1.82, 2.24) is 14.9 Å². The quantitative estimate of drug-likeness (QED) is 0.388. The smallest absolute Gasteiger partial charge is 0.213 e. The topological polar surface area (TPSA) is 61.5 Å². The Bertz CT molecular complexity index is 1320. The van der Waals surface area contributed by atoms with Crippen molar-refractivity contribution < 1.29 is 9.78 Å². The van der Waals surface area contributed by atoms with E-state index in [1.54, 1.807) is 11.8 Å². The Hall–Kier alpha value is -3.42. The average molecular weight is 441 g/mol. The minimum Gasteiger partial charge on any atom is -0.337 e. The van der Waals surface area contributed by atoms with Crippen molar-refractivity contribution in [3.05, 3.63) is 83.9 Å². The van der Waals surface area contributed by atoms with E-state index in [4.69, 9.17) is 14.9 Å². The van der Waals surface area contributed by atoms with Crippen molar-refractivity contribution >= 4 is 17.5 Å². The number of rotatable bonds is 4. The fraction of sp³-hybridized carbons (Fsp3) is 0.160. The summed E-state index contributed by atoms with van der Waals surface area (Å²) in [5.74, 6) is 1.46. The zero-order valence-corrected chi connectivity index (χ0v) is 18.2. The van der Waals surface area contributed by atoms with Gasteiger partial charge in [0.05, 0.1) is 11.0 Å². The maximum atomic E-state index is 5.15. The Morgan fingerprint density at radius 3 is 2.47 bits per heavy atom. The Kier molecular flexibility index (Phi) is 4.78.